The molecule has 0 N–H and O–H groups in total. The first kappa shape index (κ1) is 24.5. The van der Waals surface area contributed by atoms with Crippen molar-refractivity contribution in [1.29, 1.82) is 0 Å². The summed E-state index contributed by atoms with van der Waals surface area (Å²) in [6.07, 6.45) is 1.22. The van der Waals surface area contributed by atoms with E-state index in [0.29, 0.717) is 29.2 Å². The maximum atomic E-state index is 13.4. The first-order chi connectivity index (χ1) is 16.9. The molecule has 1 aliphatic rings. The van der Waals surface area contributed by atoms with Crippen molar-refractivity contribution >= 4 is 29.3 Å². The number of nitrogens with zero attached hydrogens (tertiary/aromatic N) is 4. The predicted octanol–water partition coefficient (Wildman–Crippen LogP) is 3.24. The van der Waals surface area contributed by atoms with Crippen LogP contribution in [0.25, 0.3) is 11.3 Å². The normalized spacial score (nSPS) is 14.2. The van der Waals surface area contributed by atoms with Crippen LogP contribution in [0.4, 0.5) is 5.69 Å². The van der Waals surface area contributed by atoms with Crippen LogP contribution in [-0.4, -0.2) is 34.8 Å². The second-order valence-electron chi connectivity index (χ2n) is 7.64. The van der Waals surface area contributed by atoms with Crippen LogP contribution < -0.4 is 24.2 Å². The summed E-state index contributed by atoms with van der Waals surface area (Å²) in [4.78, 5) is 31.5. The fourth-order valence-corrected chi connectivity index (χ4v) is 4.39. The SMILES string of the molecule is CCOc1cccc(C2N(C(=O)CC)c3ccccc3-c3c([O-])nc(SC)n[n+]32)c1OC(=O)CC. The van der Waals surface area contributed by atoms with Gasteiger partial charge in [-0.25, -0.2) is 9.88 Å². The van der Waals surface area contributed by atoms with Crippen molar-refractivity contribution in [2.75, 3.05) is 17.8 Å². The molecule has 0 saturated heterocycles. The third kappa shape index (κ3) is 4.41. The monoisotopic (exact) mass is 494 g/mol. The van der Waals surface area contributed by atoms with Crippen LogP contribution in [0.3, 0.4) is 0 Å². The predicted molar refractivity (Wildman–Crippen MR) is 128 cm³/mol. The van der Waals surface area contributed by atoms with Crippen molar-refractivity contribution in [3.05, 3.63) is 48.0 Å². The molecule has 1 aliphatic heterocycles. The number of ether oxygens (including phenoxy) is 2. The Balaban J connectivity index is 2.08. The summed E-state index contributed by atoms with van der Waals surface area (Å²) in [5.41, 5.74) is 1.82. The van der Waals surface area contributed by atoms with E-state index < -0.39 is 18.0 Å². The molecule has 4 rings (SSSR count). The Bertz CT molecular complexity index is 1280. The van der Waals surface area contributed by atoms with Crippen LogP contribution in [0.1, 0.15) is 45.3 Å². The van der Waals surface area contributed by atoms with Gasteiger partial charge in [0.1, 0.15) is 0 Å². The first-order valence-electron chi connectivity index (χ1n) is 11.4. The van der Waals surface area contributed by atoms with E-state index in [-0.39, 0.29) is 35.3 Å². The number of rotatable bonds is 7. The Morgan fingerprint density at radius 2 is 1.89 bits per heavy atom. The number of aromatic nitrogens is 3. The molecule has 0 aliphatic carbocycles. The molecule has 182 valence electrons. The van der Waals surface area contributed by atoms with Gasteiger partial charge in [-0.1, -0.05) is 48.5 Å². The van der Waals surface area contributed by atoms with Gasteiger partial charge >= 0.3 is 5.97 Å². The fraction of sp³-hybridized carbons (Fsp3) is 0.320. The summed E-state index contributed by atoms with van der Waals surface area (Å²) in [5.74, 6) is -0.552. The Labute approximate surface area is 207 Å². The number of amides is 1. The third-order valence-electron chi connectivity index (χ3n) is 5.56. The highest BCUT2D eigenvalue weighted by molar-refractivity contribution is 7.98. The lowest BCUT2D eigenvalue weighted by molar-refractivity contribution is -0.764. The first-order valence-corrected chi connectivity index (χ1v) is 12.6. The maximum Gasteiger partial charge on any atom is 0.311 e. The van der Waals surface area contributed by atoms with Gasteiger partial charge in [0.15, 0.2) is 11.5 Å². The molecule has 1 aromatic heterocycles. The molecule has 1 atom stereocenters. The Hall–Kier alpha value is -3.66. The lowest BCUT2D eigenvalue weighted by atomic mass is 10.00. The average Bonchev–Trinajstić information content (AvgIpc) is 2.88. The molecule has 0 radical (unpaired) electrons. The van der Waals surface area contributed by atoms with Crippen LogP contribution in [0, 0.1) is 0 Å². The molecule has 1 amide bonds. The molecule has 2 aromatic carbocycles. The number of fused-ring (bicyclic) bond motifs is 3. The number of hydrogen-bond acceptors (Lipinski definition) is 8. The van der Waals surface area contributed by atoms with Crippen molar-refractivity contribution < 1.29 is 28.9 Å². The quantitative estimate of drug-likeness (QED) is 0.213. The topological polar surface area (TPSA) is 109 Å². The lowest BCUT2D eigenvalue weighted by Crippen LogP contribution is -2.59. The number of esters is 1. The van der Waals surface area contributed by atoms with Gasteiger partial charge in [0.2, 0.25) is 5.91 Å². The molecule has 35 heavy (non-hydrogen) atoms. The minimum atomic E-state index is -0.908. The fourth-order valence-electron chi connectivity index (χ4n) is 4.04. The Kier molecular flexibility index (Phi) is 7.20. The molecule has 3 aromatic rings. The minimum Gasteiger partial charge on any atom is -0.854 e. The van der Waals surface area contributed by atoms with Crippen LogP contribution in [0.15, 0.2) is 47.6 Å². The molecule has 0 saturated carbocycles. The number of thioether (sulfide) groups is 1. The number of carbonyl (C=O) groups excluding carboxylic acids is 2. The highest BCUT2D eigenvalue weighted by Crippen LogP contribution is 2.44. The van der Waals surface area contributed by atoms with Gasteiger partial charge in [0, 0.05) is 17.9 Å². The summed E-state index contributed by atoms with van der Waals surface area (Å²) in [7, 11) is 0. The summed E-state index contributed by atoms with van der Waals surface area (Å²) in [6, 6.07) is 12.4. The summed E-state index contributed by atoms with van der Waals surface area (Å²) in [5, 5.41) is 18.1. The van der Waals surface area contributed by atoms with Gasteiger partial charge in [0.25, 0.3) is 17.0 Å². The van der Waals surface area contributed by atoms with E-state index in [1.165, 1.54) is 16.4 Å². The number of benzene rings is 2. The largest absolute Gasteiger partial charge is 0.854 e. The van der Waals surface area contributed by atoms with Gasteiger partial charge in [-0.15, -0.1) is 0 Å². The molecule has 1 unspecified atom stereocenters. The van der Waals surface area contributed by atoms with Crippen molar-refractivity contribution in [1.82, 2.24) is 10.1 Å². The average molecular weight is 495 g/mol. The smallest absolute Gasteiger partial charge is 0.311 e. The summed E-state index contributed by atoms with van der Waals surface area (Å²) < 4.78 is 13.0. The van der Waals surface area contributed by atoms with Crippen LogP contribution >= 0.6 is 11.8 Å². The van der Waals surface area contributed by atoms with Crippen molar-refractivity contribution in [3.63, 3.8) is 0 Å². The Morgan fingerprint density at radius 1 is 1.11 bits per heavy atom. The zero-order chi connectivity index (χ0) is 25.1. The standard InChI is InChI=1S/C25H26N4O5S/c1-5-19(30)28-17-13-9-8-11-15(17)21-23(32)26-25(35-4)27-29(21)24(28)16-12-10-14-18(33-7-3)22(16)34-20(31)6-2/h8-14,24H,5-7H2,1-4H3. The molecule has 0 bridgehead atoms. The highest BCUT2D eigenvalue weighted by Gasteiger charge is 2.46. The summed E-state index contributed by atoms with van der Waals surface area (Å²) >= 11 is 1.22. The van der Waals surface area contributed by atoms with E-state index >= 15 is 0 Å². The van der Waals surface area contributed by atoms with Gasteiger partial charge < -0.3 is 14.6 Å². The third-order valence-corrected chi connectivity index (χ3v) is 6.10. The van der Waals surface area contributed by atoms with E-state index in [2.05, 4.69) is 10.1 Å². The van der Waals surface area contributed by atoms with Crippen LogP contribution in [0.5, 0.6) is 17.4 Å². The molecule has 9 nitrogen and oxygen atoms in total. The van der Waals surface area contributed by atoms with Crippen molar-refractivity contribution in [2.45, 2.75) is 44.9 Å². The van der Waals surface area contributed by atoms with Crippen molar-refractivity contribution in [3.8, 4) is 28.6 Å². The van der Waals surface area contributed by atoms with E-state index in [0.717, 1.165) is 0 Å². The second-order valence-corrected chi connectivity index (χ2v) is 8.41. The second kappa shape index (κ2) is 10.3. The molecule has 0 fully saturated rings. The zero-order valence-corrected chi connectivity index (χ0v) is 20.8. The zero-order valence-electron chi connectivity index (χ0n) is 20.0. The van der Waals surface area contributed by atoms with Gasteiger partial charge in [-0.2, -0.15) is 0 Å². The number of carbonyl (C=O) groups is 2. The van der Waals surface area contributed by atoms with Gasteiger partial charge in [-0.3, -0.25) is 9.59 Å². The number of hydrogen-bond donors (Lipinski definition) is 0. The van der Waals surface area contributed by atoms with Crippen LogP contribution in [0.2, 0.25) is 0 Å². The van der Waals surface area contributed by atoms with Gasteiger partial charge in [-0.05, 0) is 37.4 Å². The summed E-state index contributed by atoms with van der Waals surface area (Å²) in [6.45, 7) is 5.63. The molecule has 0 spiro atoms. The van der Waals surface area contributed by atoms with Crippen molar-refractivity contribution in [2.24, 2.45) is 0 Å². The lowest BCUT2D eigenvalue weighted by Gasteiger charge is -2.34. The van der Waals surface area contributed by atoms with E-state index in [1.54, 1.807) is 67.5 Å². The minimum absolute atomic E-state index is 0.151. The molecule has 10 heteroatoms. The maximum absolute atomic E-state index is 13.4. The van der Waals surface area contributed by atoms with Crippen LogP contribution in [-0.2, 0) is 9.59 Å². The number of para-hydroxylation sites is 2. The van der Waals surface area contributed by atoms with Gasteiger partial charge in [0.05, 0.1) is 29.3 Å². The van der Waals surface area contributed by atoms with E-state index in [9.17, 15) is 14.7 Å². The highest BCUT2D eigenvalue weighted by atomic mass is 32.2. The number of anilines is 1. The Morgan fingerprint density at radius 3 is 2.57 bits per heavy atom. The molecular weight excluding hydrogens is 468 g/mol. The van der Waals surface area contributed by atoms with E-state index in [4.69, 9.17) is 9.47 Å². The van der Waals surface area contributed by atoms with E-state index in [1.807, 2.05) is 6.92 Å². The molecule has 2 heterocycles. The molecular formula is C25H26N4O5S.